The van der Waals surface area contributed by atoms with Gasteiger partial charge >= 0.3 is 0 Å². The molecule has 2 aromatic rings. The molecule has 1 N–H and O–H groups in total. The summed E-state index contributed by atoms with van der Waals surface area (Å²) >= 11 is 5.52. The molecular weight excluding hydrogens is 326 g/mol. The number of fused-ring (bicyclic) bond motifs is 1. The Kier molecular flexibility index (Phi) is 4.24. The summed E-state index contributed by atoms with van der Waals surface area (Å²) in [4.78, 5) is 6.95. The van der Waals surface area contributed by atoms with Crippen LogP contribution in [0.5, 0.6) is 0 Å². The monoisotopic (exact) mass is 341 g/mol. The van der Waals surface area contributed by atoms with Crippen molar-refractivity contribution in [3.05, 3.63) is 22.8 Å². The Morgan fingerprint density at radius 1 is 1.37 bits per heavy atom. The van der Waals surface area contributed by atoms with Crippen LogP contribution >= 0.6 is 27.7 Å². The quantitative estimate of drug-likeness (QED) is 0.920. The molecule has 0 amide bonds. The van der Waals surface area contributed by atoms with Gasteiger partial charge in [0.05, 0.1) is 4.47 Å². The standard InChI is InChI=1S/C12H16BrN5S/c13-10-2-1-4-18-11(10)15-12(16-18)14-3-5-17-6-8-19-9-7-17/h1-2,4H,3,5-9H2,(H,14,16). The first kappa shape index (κ1) is 13.2. The summed E-state index contributed by atoms with van der Waals surface area (Å²) in [6, 6.07) is 3.92. The fourth-order valence-electron chi connectivity index (χ4n) is 2.10. The first-order valence-electron chi connectivity index (χ1n) is 6.38. The summed E-state index contributed by atoms with van der Waals surface area (Å²) in [5.41, 5.74) is 0.847. The third-order valence-electron chi connectivity index (χ3n) is 3.13. The molecule has 102 valence electrons. The van der Waals surface area contributed by atoms with E-state index in [2.05, 4.69) is 36.2 Å². The molecule has 0 unspecified atom stereocenters. The Bertz CT molecular complexity index is 552. The van der Waals surface area contributed by atoms with Crippen LogP contribution in [-0.4, -0.2) is 57.2 Å². The number of nitrogens with zero attached hydrogens (tertiary/aromatic N) is 4. The maximum absolute atomic E-state index is 4.47. The minimum Gasteiger partial charge on any atom is -0.352 e. The molecule has 0 spiro atoms. The number of anilines is 1. The zero-order valence-electron chi connectivity index (χ0n) is 10.5. The van der Waals surface area contributed by atoms with Gasteiger partial charge in [0.1, 0.15) is 0 Å². The normalized spacial score (nSPS) is 16.9. The number of rotatable bonds is 4. The molecule has 3 rings (SSSR count). The first-order chi connectivity index (χ1) is 9.33. The van der Waals surface area contributed by atoms with Crippen molar-refractivity contribution in [2.75, 3.05) is 43.0 Å². The number of nitrogens with one attached hydrogen (secondary N) is 1. The number of thioether (sulfide) groups is 1. The molecular formula is C12H16BrN5S. The SMILES string of the molecule is Brc1cccn2nc(NCCN3CCSCC3)nc12. The van der Waals surface area contributed by atoms with Crippen molar-refractivity contribution < 1.29 is 0 Å². The fraction of sp³-hybridized carbons (Fsp3) is 0.500. The number of halogens is 1. The summed E-state index contributed by atoms with van der Waals surface area (Å²) < 4.78 is 2.74. The van der Waals surface area contributed by atoms with Crippen molar-refractivity contribution in [1.82, 2.24) is 19.5 Å². The van der Waals surface area contributed by atoms with E-state index in [1.165, 1.54) is 24.6 Å². The molecule has 1 aliphatic rings. The number of hydrogen-bond acceptors (Lipinski definition) is 5. The summed E-state index contributed by atoms with van der Waals surface area (Å²) in [6.45, 7) is 4.32. The summed E-state index contributed by atoms with van der Waals surface area (Å²) in [5, 5.41) is 7.69. The molecule has 5 nitrogen and oxygen atoms in total. The van der Waals surface area contributed by atoms with E-state index in [0.717, 1.165) is 23.2 Å². The van der Waals surface area contributed by atoms with Gasteiger partial charge < -0.3 is 5.32 Å². The van der Waals surface area contributed by atoms with E-state index in [9.17, 15) is 0 Å². The predicted octanol–water partition coefficient (Wildman–Crippen LogP) is 1.95. The van der Waals surface area contributed by atoms with E-state index in [0.29, 0.717) is 5.95 Å². The molecule has 7 heteroatoms. The van der Waals surface area contributed by atoms with Gasteiger partial charge in [-0.1, -0.05) is 0 Å². The van der Waals surface area contributed by atoms with Crippen LogP contribution in [0.2, 0.25) is 0 Å². The lowest BCUT2D eigenvalue weighted by Gasteiger charge is -2.25. The summed E-state index contributed by atoms with van der Waals surface area (Å²) in [7, 11) is 0. The Hall–Kier alpha value is -0.790. The Balaban J connectivity index is 1.57. The van der Waals surface area contributed by atoms with Gasteiger partial charge in [0.2, 0.25) is 5.95 Å². The van der Waals surface area contributed by atoms with Gasteiger partial charge in [0.25, 0.3) is 0 Å². The van der Waals surface area contributed by atoms with Gasteiger partial charge in [-0.2, -0.15) is 16.7 Å². The highest BCUT2D eigenvalue weighted by Gasteiger charge is 2.10. The second-order valence-corrected chi connectivity index (χ2v) is 6.52. The lowest BCUT2D eigenvalue weighted by atomic mass is 10.4. The molecule has 3 heterocycles. The second-order valence-electron chi connectivity index (χ2n) is 4.44. The molecule has 1 fully saturated rings. The van der Waals surface area contributed by atoms with Crippen LogP contribution in [0.25, 0.3) is 5.65 Å². The van der Waals surface area contributed by atoms with Crippen molar-refractivity contribution in [2.24, 2.45) is 0 Å². The smallest absolute Gasteiger partial charge is 0.243 e. The fourth-order valence-corrected chi connectivity index (χ4v) is 3.50. The summed E-state index contributed by atoms with van der Waals surface area (Å²) in [5.74, 6) is 3.19. The van der Waals surface area contributed by atoms with Crippen LogP contribution in [0.3, 0.4) is 0 Å². The van der Waals surface area contributed by atoms with Gasteiger partial charge in [-0.3, -0.25) is 4.90 Å². The van der Waals surface area contributed by atoms with E-state index < -0.39 is 0 Å². The van der Waals surface area contributed by atoms with Gasteiger partial charge in [0, 0.05) is 43.9 Å². The number of pyridine rings is 1. The van der Waals surface area contributed by atoms with Crippen LogP contribution in [0.1, 0.15) is 0 Å². The van der Waals surface area contributed by atoms with Crippen molar-refractivity contribution in [3.8, 4) is 0 Å². The largest absolute Gasteiger partial charge is 0.352 e. The van der Waals surface area contributed by atoms with Crippen molar-refractivity contribution in [3.63, 3.8) is 0 Å². The van der Waals surface area contributed by atoms with Crippen LogP contribution in [0.4, 0.5) is 5.95 Å². The van der Waals surface area contributed by atoms with Crippen molar-refractivity contribution in [2.45, 2.75) is 0 Å². The molecule has 19 heavy (non-hydrogen) atoms. The van der Waals surface area contributed by atoms with E-state index in [1.54, 1.807) is 4.52 Å². The van der Waals surface area contributed by atoms with Gasteiger partial charge in [-0.15, -0.1) is 5.10 Å². The third-order valence-corrected chi connectivity index (χ3v) is 4.69. The van der Waals surface area contributed by atoms with E-state index in [1.807, 2.05) is 30.1 Å². The molecule has 0 atom stereocenters. The molecule has 1 aliphatic heterocycles. The maximum Gasteiger partial charge on any atom is 0.243 e. The Morgan fingerprint density at radius 2 is 2.21 bits per heavy atom. The van der Waals surface area contributed by atoms with Gasteiger partial charge in [-0.05, 0) is 28.1 Å². The number of aromatic nitrogens is 3. The van der Waals surface area contributed by atoms with E-state index in [4.69, 9.17) is 0 Å². The number of hydrogen-bond donors (Lipinski definition) is 1. The van der Waals surface area contributed by atoms with Gasteiger partial charge in [-0.25, -0.2) is 4.52 Å². The highest BCUT2D eigenvalue weighted by molar-refractivity contribution is 9.10. The van der Waals surface area contributed by atoms with Crippen LogP contribution in [0, 0.1) is 0 Å². The molecule has 2 aromatic heterocycles. The maximum atomic E-state index is 4.47. The average molecular weight is 342 g/mol. The highest BCUT2D eigenvalue weighted by atomic mass is 79.9. The summed E-state index contributed by atoms with van der Waals surface area (Å²) in [6.07, 6.45) is 1.90. The predicted molar refractivity (Wildman–Crippen MR) is 82.9 cm³/mol. The lowest BCUT2D eigenvalue weighted by Crippen LogP contribution is -2.36. The lowest BCUT2D eigenvalue weighted by molar-refractivity contribution is 0.314. The average Bonchev–Trinajstić information content (AvgIpc) is 2.84. The van der Waals surface area contributed by atoms with Crippen molar-refractivity contribution in [1.29, 1.82) is 0 Å². The zero-order chi connectivity index (χ0) is 13.1. The molecule has 0 saturated carbocycles. The Morgan fingerprint density at radius 3 is 3.00 bits per heavy atom. The van der Waals surface area contributed by atoms with Crippen molar-refractivity contribution >= 4 is 39.3 Å². The molecule has 0 bridgehead atoms. The molecule has 0 aliphatic carbocycles. The first-order valence-corrected chi connectivity index (χ1v) is 8.32. The highest BCUT2D eigenvalue weighted by Crippen LogP contribution is 2.16. The van der Waals surface area contributed by atoms with E-state index >= 15 is 0 Å². The minimum atomic E-state index is 0.693. The van der Waals surface area contributed by atoms with Crippen LogP contribution in [-0.2, 0) is 0 Å². The zero-order valence-corrected chi connectivity index (χ0v) is 13.0. The molecule has 0 radical (unpaired) electrons. The van der Waals surface area contributed by atoms with Gasteiger partial charge in [0.15, 0.2) is 5.65 Å². The second kappa shape index (κ2) is 6.11. The Labute approximate surface area is 124 Å². The third kappa shape index (κ3) is 3.21. The minimum absolute atomic E-state index is 0.693. The van der Waals surface area contributed by atoms with Crippen LogP contribution < -0.4 is 5.32 Å². The van der Waals surface area contributed by atoms with Crippen LogP contribution in [0.15, 0.2) is 22.8 Å². The topological polar surface area (TPSA) is 45.5 Å². The molecule has 1 saturated heterocycles. The van der Waals surface area contributed by atoms with E-state index in [-0.39, 0.29) is 0 Å². The molecule has 0 aromatic carbocycles.